The Kier molecular flexibility index (Phi) is 5.10. The molecule has 19 heavy (non-hydrogen) atoms. The molecule has 1 aromatic carbocycles. The fraction of sp³-hybridized carbons (Fsp3) is 0.467. The van der Waals surface area contributed by atoms with Crippen LogP contribution >= 0.6 is 0 Å². The minimum atomic E-state index is -0.453. The van der Waals surface area contributed by atoms with E-state index in [0.717, 1.165) is 5.56 Å². The number of nitrogens with one attached hydrogen (secondary N) is 1. The van der Waals surface area contributed by atoms with Crippen LogP contribution in [-0.2, 0) is 11.2 Å². The van der Waals surface area contributed by atoms with Crippen molar-refractivity contribution in [2.45, 2.75) is 33.6 Å². The third-order valence-corrected chi connectivity index (χ3v) is 2.72. The monoisotopic (exact) mass is 262 g/mol. The molecule has 1 rings (SSSR count). The van der Waals surface area contributed by atoms with Crippen molar-refractivity contribution in [3.8, 4) is 0 Å². The number of carbonyl (C=O) groups is 2. The fourth-order valence-electron chi connectivity index (χ4n) is 1.68. The summed E-state index contributed by atoms with van der Waals surface area (Å²) in [5.41, 5.74) is 6.68. The van der Waals surface area contributed by atoms with Gasteiger partial charge in [-0.05, 0) is 23.5 Å². The number of carbonyl (C=O) groups excluding carboxylic acids is 2. The largest absolute Gasteiger partial charge is 0.366 e. The molecular formula is C15H22N2O2. The van der Waals surface area contributed by atoms with Gasteiger partial charge in [0.15, 0.2) is 0 Å². The molecule has 0 aliphatic carbocycles. The lowest BCUT2D eigenvalue weighted by atomic mass is 9.97. The summed E-state index contributed by atoms with van der Waals surface area (Å²) in [6.07, 6.45) is 0.884. The van der Waals surface area contributed by atoms with Crippen LogP contribution in [0.2, 0.25) is 0 Å². The van der Waals surface area contributed by atoms with Crippen LogP contribution in [0, 0.1) is 5.41 Å². The zero-order valence-electron chi connectivity index (χ0n) is 11.8. The minimum absolute atomic E-state index is 0.00537. The van der Waals surface area contributed by atoms with Crippen molar-refractivity contribution in [3.05, 3.63) is 35.4 Å². The lowest BCUT2D eigenvalue weighted by Gasteiger charge is -2.18. The Bertz CT molecular complexity index is 461. The number of aryl methyl sites for hydroxylation is 1. The zero-order chi connectivity index (χ0) is 14.5. The Labute approximate surface area is 114 Å². The Balaban J connectivity index is 2.53. The highest BCUT2D eigenvalue weighted by Crippen LogP contribution is 2.12. The summed E-state index contributed by atoms with van der Waals surface area (Å²) < 4.78 is 0. The highest BCUT2D eigenvalue weighted by atomic mass is 16.1. The SMILES string of the molecule is CC(C)(C)CNC(=O)CCc1ccccc1C(N)=O. The molecule has 4 nitrogen and oxygen atoms in total. The molecule has 0 unspecified atom stereocenters. The van der Waals surface area contributed by atoms with Crippen LogP contribution in [0.4, 0.5) is 0 Å². The molecule has 0 aliphatic rings. The maximum Gasteiger partial charge on any atom is 0.248 e. The molecule has 0 saturated heterocycles. The van der Waals surface area contributed by atoms with Crippen molar-refractivity contribution in [1.82, 2.24) is 5.32 Å². The van der Waals surface area contributed by atoms with Crippen LogP contribution in [0.25, 0.3) is 0 Å². The minimum Gasteiger partial charge on any atom is -0.366 e. The normalized spacial score (nSPS) is 11.1. The summed E-state index contributed by atoms with van der Waals surface area (Å²) in [5.74, 6) is -0.458. The fourth-order valence-corrected chi connectivity index (χ4v) is 1.68. The molecule has 0 heterocycles. The molecule has 0 saturated carbocycles. The predicted molar refractivity (Wildman–Crippen MR) is 75.7 cm³/mol. The summed E-state index contributed by atoms with van der Waals surface area (Å²) in [6, 6.07) is 7.12. The number of amides is 2. The van der Waals surface area contributed by atoms with Gasteiger partial charge in [0, 0.05) is 18.5 Å². The van der Waals surface area contributed by atoms with E-state index in [1.54, 1.807) is 12.1 Å². The smallest absolute Gasteiger partial charge is 0.248 e. The van der Waals surface area contributed by atoms with E-state index in [0.29, 0.717) is 24.9 Å². The van der Waals surface area contributed by atoms with E-state index in [9.17, 15) is 9.59 Å². The molecule has 2 amide bonds. The van der Waals surface area contributed by atoms with Crippen LogP contribution in [0.15, 0.2) is 24.3 Å². The van der Waals surface area contributed by atoms with Crippen molar-refractivity contribution < 1.29 is 9.59 Å². The highest BCUT2D eigenvalue weighted by molar-refractivity contribution is 5.94. The first-order valence-electron chi connectivity index (χ1n) is 6.44. The van der Waals surface area contributed by atoms with Crippen LogP contribution < -0.4 is 11.1 Å². The number of nitrogens with two attached hydrogens (primary N) is 1. The Hall–Kier alpha value is -1.84. The van der Waals surface area contributed by atoms with E-state index in [1.165, 1.54) is 0 Å². The van der Waals surface area contributed by atoms with Gasteiger partial charge in [-0.15, -0.1) is 0 Å². The summed E-state index contributed by atoms with van der Waals surface area (Å²) in [4.78, 5) is 23.0. The average molecular weight is 262 g/mol. The predicted octanol–water partition coefficient (Wildman–Crippen LogP) is 1.88. The summed E-state index contributed by atoms with van der Waals surface area (Å²) in [7, 11) is 0. The Morgan fingerprint density at radius 3 is 2.42 bits per heavy atom. The van der Waals surface area contributed by atoms with Gasteiger partial charge in [0.1, 0.15) is 0 Å². The van der Waals surface area contributed by atoms with Gasteiger partial charge >= 0.3 is 0 Å². The Morgan fingerprint density at radius 1 is 1.21 bits per heavy atom. The molecule has 0 bridgehead atoms. The van der Waals surface area contributed by atoms with E-state index >= 15 is 0 Å². The summed E-state index contributed by atoms with van der Waals surface area (Å²) in [5, 5.41) is 2.89. The van der Waals surface area contributed by atoms with Crippen molar-refractivity contribution in [2.75, 3.05) is 6.54 Å². The molecule has 0 aromatic heterocycles. The quantitative estimate of drug-likeness (QED) is 0.850. The van der Waals surface area contributed by atoms with Gasteiger partial charge in [-0.1, -0.05) is 39.0 Å². The first-order chi connectivity index (χ1) is 8.79. The molecule has 0 fully saturated rings. The van der Waals surface area contributed by atoms with Gasteiger partial charge in [0.2, 0.25) is 11.8 Å². The number of benzene rings is 1. The molecule has 0 aliphatic heterocycles. The van der Waals surface area contributed by atoms with Crippen LogP contribution in [-0.4, -0.2) is 18.4 Å². The molecule has 3 N–H and O–H groups in total. The van der Waals surface area contributed by atoms with Gasteiger partial charge in [-0.25, -0.2) is 0 Å². The topological polar surface area (TPSA) is 72.2 Å². The number of hydrogen-bond donors (Lipinski definition) is 2. The highest BCUT2D eigenvalue weighted by Gasteiger charge is 2.13. The second-order valence-corrected chi connectivity index (χ2v) is 5.86. The molecule has 4 heteroatoms. The van der Waals surface area contributed by atoms with E-state index in [1.807, 2.05) is 12.1 Å². The van der Waals surface area contributed by atoms with Gasteiger partial charge in [-0.3, -0.25) is 9.59 Å². The average Bonchev–Trinajstić information content (AvgIpc) is 2.33. The first-order valence-corrected chi connectivity index (χ1v) is 6.44. The number of rotatable bonds is 5. The van der Waals surface area contributed by atoms with Crippen molar-refractivity contribution in [3.63, 3.8) is 0 Å². The van der Waals surface area contributed by atoms with Gasteiger partial charge in [0.05, 0.1) is 0 Å². The first kappa shape index (κ1) is 15.2. The second-order valence-electron chi connectivity index (χ2n) is 5.86. The standard InChI is InChI=1S/C15H22N2O2/c1-15(2,3)10-17-13(18)9-8-11-6-4-5-7-12(11)14(16)19/h4-7H,8-10H2,1-3H3,(H2,16,19)(H,17,18). The molecular weight excluding hydrogens is 240 g/mol. The van der Waals surface area contributed by atoms with E-state index in [-0.39, 0.29) is 11.3 Å². The van der Waals surface area contributed by atoms with Gasteiger partial charge in [0.25, 0.3) is 0 Å². The van der Waals surface area contributed by atoms with E-state index in [4.69, 9.17) is 5.73 Å². The van der Waals surface area contributed by atoms with Crippen LogP contribution in [0.1, 0.15) is 43.1 Å². The Morgan fingerprint density at radius 2 is 1.84 bits per heavy atom. The van der Waals surface area contributed by atoms with Crippen molar-refractivity contribution in [2.24, 2.45) is 11.1 Å². The van der Waals surface area contributed by atoms with E-state index < -0.39 is 5.91 Å². The van der Waals surface area contributed by atoms with Gasteiger partial charge < -0.3 is 11.1 Å². The lowest BCUT2D eigenvalue weighted by molar-refractivity contribution is -0.121. The van der Waals surface area contributed by atoms with Gasteiger partial charge in [-0.2, -0.15) is 0 Å². The molecule has 0 atom stereocenters. The molecule has 0 radical (unpaired) electrons. The number of primary amides is 1. The number of hydrogen-bond acceptors (Lipinski definition) is 2. The molecule has 0 spiro atoms. The van der Waals surface area contributed by atoms with Crippen LogP contribution in [0.3, 0.4) is 0 Å². The summed E-state index contributed by atoms with van der Waals surface area (Å²) in [6.45, 7) is 6.84. The lowest BCUT2D eigenvalue weighted by Crippen LogP contribution is -2.32. The van der Waals surface area contributed by atoms with Crippen molar-refractivity contribution in [1.29, 1.82) is 0 Å². The second kappa shape index (κ2) is 6.36. The maximum absolute atomic E-state index is 11.7. The van der Waals surface area contributed by atoms with E-state index in [2.05, 4.69) is 26.1 Å². The molecule has 104 valence electrons. The maximum atomic E-state index is 11.7. The van der Waals surface area contributed by atoms with Crippen molar-refractivity contribution >= 4 is 11.8 Å². The third kappa shape index (κ3) is 5.55. The summed E-state index contributed by atoms with van der Waals surface area (Å²) >= 11 is 0. The third-order valence-electron chi connectivity index (χ3n) is 2.72. The zero-order valence-corrected chi connectivity index (χ0v) is 11.8. The van der Waals surface area contributed by atoms with Crippen LogP contribution in [0.5, 0.6) is 0 Å². The molecule has 1 aromatic rings.